The van der Waals surface area contributed by atoms with Gasteiger partial charge in [-0.2, -0.15) is 0 Å². The molecule has 4 aromatic carbocycles. The van der Waals surface area contributed by atoms with Crippen LogP contribution in [0.2, 0.25) is 5.02 Å². The smallest absolute Gasteiger partial charge is 0.141 e. The molecule has 4 atom stereocenters. The highest BCUT2D eigenvalue weighted by molar-refractivity contribution is 6.30. The molecular weight excluding hydrogens is 699 g/mol. The molecule has 292 valence electrons. The summed E-state index contributed by atoms with van der Waals surface area (Å²) in [6.45, 7) is 11.6. The maximum absolute atomic E-state index is 13.7. The van der Waals surface area contributed by atoms with Crippen molar-refractivity contribution in [1.29, 1.82) is 0 Å². The van der Waals surface area contributed by atoms with E-state index in [0.717, 1.165) is 40.3 Å². The zero-order valence-electron chi connectivity index (χ0n) is 34.0. The second-order valence-electron chi connectivity index (χ2n) is 15.0. The van der Waals surface area contributed by atoms with Crippen molar-refractivity contribution >= 4 is 23.8 Å². The Bertz CT molecular complexity index is 1840. The van der Waals surface area contributed by atoms with Crippen LogP contribution < -0.4 is 9.47 Å². The lowest BCUT2D eigenvalue weighted by Gasteiger charge is -2.37. The summed E-state index contributed by atoms with van der Waals surface area (Å²) in [5, 5.41) is 23.6. The molecule has 0 saturated carbocycles. The van der Waals surface area contributed by atoms with Gasteiger partial charge in [0.25, 0.3) is 0 Å². The summed E-state index contributed by atoms with van der Waals surface area (Å²) < 4.78 is 24.1. The highest BCUT2D eigenvalue weighted by atomic mass is 35.5. The first-order valence-corrected chi connectivity index (χ1v) is 18.7. The molecule has 0 fully saturated rings. The molecular formula is C46H60ClFN2O4. The number of aliphatic hydroxyl groups is 2. The second-order valence-corrected chi connectivity index (χ2v) is 15.4. The molecule has 0 bridgehead atoms. The number of hydrogen-bond donors (Lipinski definition) is 2. The van der Waals surface area contributed by atoms with Crippen molar-refractivity contribution < 1.29 is 24.1 Å². The van der Waals surface area contributed by atoms with E-state index in [1.807, 2.05) is 121 Å². The fourth-order valence-electron chi connectivity index (χ4n) is 6.95. The molecule has 0 aliphatic carbocycles. The molecule has 2 N–H and O–H groups in total. The van der Waals surface area contributed by atoms with Crippen LogP contribution in [-0.4, -0.2) is 81.1 Å². The Hall–Kier alpha value is -3.98. The zero-order chi connectivity index (χ0) is 40.2. The van der Waals surface area contributed by atoms with Crippen LogP contribution in [0.4, 0.5) is 4.39 Å². The first kappa shape index (κ1) is 44.4. The number of methoxy groups -OCH3 is 2. The van der Waals surface area contributed by atoms with Crippen LogP contribution in [0.3, 0.4) is 0 Å². The number of nitrogens with zero attached hydrogens (tertiary/aromatic N) is 2. The van der Waals surface area contributed by atoms with Gasteiger partial charge < -0.3 is 29.5 Å². The molecule has 4 rings (SSSR count). The molecule has 0 heterocycles. The number of halogens is 2. The molecule has 0 aliphatic rings. The first-order valence-electron chi connectivity index (χ1n) is 18.3. The van der Waals surface area contributed by atoms with Crippen molar-refractivity contribution in [2.45, 2.75) is 52.2 Å². The van der Waals surface area contributed by atoms with Gasteiger partial charge in [-0.1, -0.05) is 92.2 Å². The fraction of sp³-hybridized carbons (Fsp3) is 0.391. The van der Waals surface area contributed by atoms with E-state index in [1.165, 1.54) is 23.3 Å². The topological polar surface area (TPSA) is 65.4 Å². The maximum atomic E-state index is 13.7. The first-order chi connectivity index (χ1) is 25.4. The molecule has 54 heavy (non-hydrogen) atoms. The molecule has 0 spiro atoms. The predicted octanol–water partition coefficient (Wildman–Crippen LogP) is 9.55. The Kier molecular flexibility index (Phi) is 16.5. The molecule has 0 saturated heterocycles. The number of aryl methyl sites for hydroxylation is 1. The summed E-state index contributed by atoms with van der Waals surface area (Å²) in [5.41, 5.74) is 4.50. The van der Waals surface area contributed by atoms with Crippen LogP contribution in [0.5, 0.6) is 11.5 Å². The minimum absolute atomic E-state index is 0.000209. The Morgan fingerprint density at radius 2 is 1.22 bits per heavy atom. The van der Waals surface area contributed by atoms with E-state index in [2.05, 4.69) is 37.0 Å². The van der Waals surface area contributed by atoms with Gasteiger partial charge in [-0.3, -0.25) is 0 Å². The molecule has 4 aromatic rings. The van der Waals surface area contributed by atoms with Crippen molar-refractivity contribution in [3.63, 3.8) is 0 Å². The molecule has 0 aromatic heterocycles. The summed E-state index contributed by atoms with van der Waals surface area (Å²) in [6.07, 6.45) is 4.62. The molecule has 0 amide bonds. The average molecular weight is 759 g/mol. The summed E-state index contributed by atoms with van der Waals surface area (Å²) >= 11 is 6.00. The van der Waals surface area contributed by atoms with Gasteiger partial charge >= 0.3 is 0 Å². The van der Waals surface area contributed by atoms with E-state index in [4.69, 9.17) is 21.1 Å². The lowest BCUT2D eigenvalue weighted by molar-refractivity contribution is 0.0105. The largest absolute Gasteiger partial charge is 0.497 e. The van der Waals surface area contributed by atoms with E-state index < -0.39 is 17.0 Å². The van der Waals surface area contributed by atoms with Crippen molar-refractivity contribution in [3.05, 3.63) is 141 Å². The van der Waals surface area contributed by atoms with E-state index in [0.29, 0.717) is 18.5 Å². The van der Waals surface area contributed by atoms with Gasteiger partial charge in [0.1, 0.15) is 22.9 Å². The third kappa shape index (κ3) is 11.8. The van der Waals surface area contributed by atoms with E-state index >= 15 is 0 Å². The third-order valence-electron chi connectivity index (χ3n) is 10.2. The van der Waals surface area contributed by atoms with Gasteiger partial charge in [0.2, 0.25) is 0 Å². The Morgan fingerprint density at radius 3 is 1.69 bits per heavy atom. The third-order valence-corrected chi connectivity index (χ3v) is 10.5. The van der Waals surface area contributed by atoms with Crippen LogP contribution in [0.15, 0.2) is 102 Å². The van der Waals surface area contributed by atoms with Gasteiger partial charge in [-0.25, -0.2) is 4.39 Å². The van der Waals surface area contributed by atoms with Gasteiger partial charge in [-0.15, -0.1) is 0 Å². The summed E-state index contributed by atoms with van der Waals surface area (Å²) in [4.78, 5) is 4.15. The average Bonchev–Trinajstić information content (AvgIpc) is 3.13. The highest BCUT2D eigenvalue weighted by Crippen LogP contribution is 2.40. The summed E-state index contributed by atoms with van der Waals surface area (Å²) in [6, 6.07) is 28.2. The Balaban J connectivity index is 0.000000290. The molecule has 6 nitrogen and oxygen atoms in total. The van der Waals surface area contributed by atoms with Crippen LogP contribution in [0.1, 0.15) is 55.5 Å². The van der Waals surface area contributed by atoms with E-state index in [-0.39, 0.29) is 16.9 Å². The van der Waals surface area contributed by atoms with Gasteiger partial charge in [0.15, 0.2) is 0 Å². The van der Waals surface area contributed by atoms with Gasteiger partial charge in [0.05, 0.1) is 24.8 Å². The van der Waals surface area contributed by atoms with Crippen LogP contribution in [0, 0.1) is 24.6 Å². The van der Waals surface area contributed by atoms with Crippen LogP contribution in [0.25, 0.3) is 12.2 Å². The van der Waals surface area contributed by atoms with E-state index in [1.54, 1.807) is 20.3 Å². The maximum Gasteiger partial charge on any atom is 0.141 e. The number of ether oxygens (including phenoxy) is 2. The summed E-state index contributed by atoms with van der Waals surface area (Å²) in [7, 11) is 11.3. The Labute approximate surface area is 328 Å². The minimum atomic E-state index is -1.29. The lowest BCUT2D eigenvalue weighted by atomic mass is 9.76. The van der Waals surface area contributed by atoms with E-state index in [9.17, 15) is 14.6 Å². The highest BCUT2D eigenvalue weighted by Gasteiger charge is 2.38. The molecule has 0 radical (unpaired) electrons. The lowest BCUT2D eigenvalue weighted by Crippen LogP contribution is -2.44. The van der Waals surface area contributed by atoms with Crippen molar-refractivity contribution in [2.75, 3.05) is 55.5 Å². The molecule has 8 heteroatoms. The SMILES string of the molecule is COc1ccc(C=C(C)C(O)(Cc2ccccc2C)C(C)CN(C)C)cc1.COc1ccc(C=C(C)C(O)(c2ccc(F)c(Cl)c2)C(C)CN(C)C)cc1. The normalized spacial score (nSPS) is 15.5. The fourth-order valence-corrected chi connectivity index (χ4v) is 7.13. The van der Waals surface area contributed by atoms with Gasteiger partial charge in [0, 0.05) is 31.3 Å². The number of hydrogen-bond acceptors (Lipinski definition) is 6. The monoisotopic (exact) mass is 758 g/mol. The Morgan fingerprint density at radius 1 is 0.741 bits per heavy atom. The minimum Gasteiger partial charge on any atom is -0.497 e. The standard InChI is InChI=1S/C24H33NO2.C22H27ClFNO2/c1-18-9-7-8-10-22(18)16-24(26,20(3)17-25(4)5)19(2)15-21-11-13-23(27-6)14-12-21;1-15(12-17-6-9-19(27-5)10-7-17)22(26,16(2)14-25(3)4)18-8-11-21(24)20(23)13-18/h7-15,20,26H,16-17H2,1-6H3;6-13,16,26H,14H2,1-5H3. The molecule has 0 aliphatic heterocycles. The quantitative estimate of drug-likeness (QED) is 0.126. The van der Waals surface area contributed by atoms with Crippen LogP contribution in [-0.2, 0) is 12.0 Å². The number of benzene rings is 4. The van der Waals surface area contributed by atoms with Crippen molar-refractivity contribution in [3.8, 4) is 11.5 Å². The zero-order valence-corrected chi connectivity index (χ0v) is 34.7. The van der Waals surface area contributed by atoms with Gasteiger partial charge in [-0.05, 0) is 124 Å². The van der Waals surface area contributed by atoms with Crippen LogP contribution >= 0.6 is 11.6 Å². The number of rotatable bonds is 15. The molecule has 4 unspecified atom stereocenters. The predicted molar refractivity (Wildman–Crippen MR) is 224 cm³/mol. The second kappa shape index (κ2) is 20.1. The van der Waals surface area contributed by atoms with Crippen molar-refractivity contribution in [2.24, 2.45) is 11.8 Å². The summed E-state index contributed by atoms with van der Waals surface area (Å²) in [5.74, 6) is 1.04. The van der Waals surface area contributed by atoms with Crippen molar-refractivity contribution in [1.82, 2.24) is 9.80 Å².